The molecule has 1 aliphatic rings. The van der Waals surface area contributed by atoms with Gasteiger partial charge in [0.15, 0.2) is 5.78 Å². The van der Waals surface area contributed by atoms with E-state index in [4.69, 9.17) is 0 Å². The molecule has 0 radical (unpaired) electrons. The quantitative estimate of drug-likeness (QED) is 0.879. The van der Waals surface area contributed by atoms with E-state index in [0.717, 1.165) is 18.7 Å². The number of hydrogen-bond donors (Lipinski definition) is 1. The minimum atomic E-state index is -3.39. The Kier molecular flexibility index (Phi) is 3.68. The lowest BCUT2D eigenvalue weighted by Crippen LogP contribution is -2.35. The van der Waals surface area contributed by atoms with Crippen LogP contribution in [-0.2, 0) is 14.8 Å². The highest BCUT2D eigenvalue weighted by Gasteiger charge is 2.18. The number of Topliss-reactive ketones (excluding diaryl/α,β-unsaturated/α-hetero) is 1. The van der Waals surface area contributed by atoms with Gasteiger partial charge in [0.25, 0.3) is 0 Å². The van der Waals surface area contributed by atoms with E-state index in [9.17, 15) is 13.2 Å². The summed E-state index contributed by atoms with van der Waals surface area (Å²) in [5.74, 6) is 0.230. The van der Waals surface area contributed by atoms with Crippen LogP contribution < -0.4 is 9.62 Å². The molecule has 0 aromatic heterocycles. The molecule has 5 nitrogen and oxygen atoms in total. The Labute approximate surface area is 107 Å². The molecule has 18 heavy (non-hydrogen) atoms. The largest absolute Gasteiger partial charge is 0.364 e. The van der Waals surface area contributed by atoms with Crippen LogP contribution in [0.2, 0.25) is 0 Å². The maximum absolute atomic E-state index is 11.6. The molecule has 1 heterocycles. The monoisotopic (exact) mass is 268 g/mol. The maximum Gasteiger partial charge on any atom is 0.240 e. The van der Waals surface area contributed by atoms with E-state index < -0.39 is 10.0 Å². The fourth-order valence-electron chi connectivity index (χ4n) is 2.01. The summed E-state index contributed by atoms with van der Waals surface area (Å²) in [5.41, 5.74) is 0.887. The van der Waals surface area contributed by atoms with Crippen molar-refractivity contribution >= 4 is 21.5 Å². The molecule has 0 spiro atoms. The zero-order chi connectivity index (χ0) is 13.2. The zero-order valence-electron chi connectivity index (χ0n) is 10.2. The normalized spacial score (nSPS) is 16.9. The van der Waals surface area contributed by atoms with Gasteiger partial charge < -0.3 is 4.90 Å². The summed E-state index contributed by atoms with van der Waals surface area (Å²) in [7, 11) is -2.01. The van der Waals surface area contributed by atoms with Gasteiger partial charge in [-0.2, -0.15) is 0 Å². The Morgan fingerprint density at radius 2 is 1.89 bits per heavy atom. The van der Waals surface area contributed by atoms with Gasteiger partial charge in [-0.3, -0.25) is 4.79 Å². The topological polar surface area (TPSA) is 66.5 Å². The van der Waals surface area contributed by atoms with Crippen molar-refractivity contribution in [2.24, 2.45) is 0 Å². The molecule has 1 aliphatic heterocycles. The third-order valence-electron chi connectivity index (χ3n) is 3.03. The van der Waals surface area contributed by atoms with Crippen molar-refractivity contribution in [3.63, 3.8) is 0 Å². The number of nitrogens with one attached hydrogen (secondary N) is 1. The average molecular weight is 268 g/mol. The SMILES string of the molecule is CNS(=O)(=O)c1ccc(N2CCCC(=O)C2)cc1. The Bertz CT molecular complexity index is 537. The zero-order valence-corrected chi connectivity index (χ0v) is 11.0. The lowest BCUT2D eigenvalue weighted by Gasteiger charge is -2.27. The van der Waals surface area contributed by atoms with E-state index in [-0.39, 0.29) is 10.7 Å². The molecular formula is C12H16N2O3S. The molecule has 0 atom stereocenters. The van der Waals surface area contributed by atoms with Crippen molar-refractivity contribution < 1.29 is 13.2 Å². The number of carbonyl (C=O) groups is 1. The molecule has 1 aromatic rings. The van der Waals surface area contributed by atoms with Gasteiger partial charge in [-0.15, -0.1) is 0 Å². The minimum absolute atomic E-state index is 0.230. The number of nitrogens with zero attached hydrogens (tertiary/aromatic N) is 1. The van der Waals surface area contributed by atoms with Crippen molar-refractivity contribution in [2.75, 3.05) is 25.0 Å². The lowest BCUT2D eigenvalue weighted by atomic mass is 10.1. The van der Waals surface area contributed by atoms with Crippen LogP contribution in [0, 0.1) is 0 Å². The third kappa shape index (κ3) is 2.70. The van der Waals surface area contributed by atoms with Crippen molar-refractivity contribution in [1.82, 2.24) is 4.72 Å². The van der Waals surface area contributed by atoms with Crippen LogP contribution in [0.1, 0.15) is 12.8 Å². The predicted molar refractivity (Wildman–Crippen MR) is 69.1 cm³/mol. The smallest absolute Gasteiger partial charge is 0.240 e. The number of hydrogen-bond acceptors (Lipinski definition) is 4. The lowest BCUT2D eigenvalue weighted by molar-refractivity contribution is -0.118. The van der Waals surface area contributed by atoms with Gasteiger partial charge in [-0.05, 0) is 37.7 Å². The molecule has 1 fully saturated rings. The highest BCUT2D eigenvalue weighted by Crippen LogP contribution is 2.20. The third-order valence-corrected chi connectivity index (χ3v) is 4.46. The molecule has 98 valence electrons. The summed E-state index contributed by atoms with van der Waals surface area (Å²) in [5, 5.41) is 0. The number of rotatable bonds is 3. The summed E-state index contributed by atoms with van der Waals surface area (Å²) < 4.78 is 25.4. The van der Waals surface area contributed by atoms with E-state index in [2.05, 4.69) is 4.72 Å². The summed E-state index contributed by atoms with van der Waals surface area (Å²) in [6.07, 6.45) is 1.50. The first-order chi connectivity index (χ1) is 8.53. The Hall–Kier alpha value is -1.40. The molecule has 0 saturated carbocycles. The predicted octanol–water partition coefficient (Wildman–Crippen LogP) is 0.764. The number of piperidine rings is 1. The minimum Gasteiger partial charge on any atom is -0.364 e. The summed E-state index contributed by atoms with van der Waals surface area (Å²) in [4.78, 5) is 13.6. The van der Waals surface area contributed by atoms with Crippen LogP contribution in [0.25, 0.3) is 0 Å². The highest BCUT2D eigenvalue weighted by atomic mass is 32.2. The second-order valence-corrected chi connectivity index (χ2v) is 6.15. The molecule has 1 saturated heterocycles. The Morgan fingerprint density at radius 3 is 2.44 bits per heavy atom. The van der Waals surface area contributed by atoms with Gasteiger partial charge in [-0.1, -0.05) is 0 Å². The molecule has 1 aromatic carbocycles. The number of anilines is 1. The maximum atomic E-state index is 11.6. The van der Waals surface area contributed by atoms with Gasteiger partial charge in [-0.25, -0.2) is 13.1 Å². The molecule has 0 aliphatic carbocycles. The second kappa shape index (κ2) is 5.07. The van der Waals surface area contributed by atoms with Crippen LogP contribution in [0.3, 0.4) is 0 Å². The van der Waals surface area contributed by atoms with E-state index in [1.54, 1.807) is 24.3 Å². The number of ketones is 1. The van der Waals surface area contributed by atoms with Crippen LogP contribution in [-0.4, -0.2) is 34.3 Å². The first-order valence-electron chi connectivity index (χ1n) is 5.83. The molecule has 0 amide bonds. The van der Waals surface area contributed by atoms with E-state index in [1.807, 2.05) is 4.90 Å². The van der Waals surface area contributed by atoms with Crippen LogP contribution >= 0.6 is 0 Å². The Morgan fingerprint density at radius 1 is 1.22 bits per heavy atom. The molecule has 0 bridgehead atoms. The van der Waals surface area contributed by atoms with Crippen molar-refractivity contribution in [3.8, 4) is 0 Å². The average Bonchev–Trinajstić information content (AvgIpc) is 2.39. The van der Waals surface area contributed by atoms with Crippen molar-refractivity contribution in [1.29, 1.82) is 0 Å². The molecule has 0 unspecified atom stereocenters. The van der Waals surface area contributed by atoms with E-state index in [1.165, 1.54) is 7.05 Å². The highest BCUT2D eigenvalue weighted by molar-refractivity contribution is 7.89. The van der Waals surface area contributed by atoms with Crippen molar-refractivity contribution in [2.45, 2.75) is 17.7 Å². The summed E-state index contributed by atoms with van der Waals surface area (Å²) in [6.45, 7) is 1.25. The molecule has 6 heteroatoms. The Balaban J connectivity index is 2.20. The van der Waals surface area contributed by atoms with E-state index >= 15 is 0 Å². The summed E-state index contributed by atoms with van der Waals surface area (Å²) in [6, 6.07) is 6.59. The first kappa shape index (κ1) is 13.0. The van der Waals surface area contributed by atoms with Gasteiger partial charge in [0, 0.05) is 18.7 Å². The van der Waals surface area contributed by atoms with Crippen LogP contribution in [0.4, 0.5) is 5.69 Å². The van der Waals surface area contributed by atoms with Crippen LogP contribution in [0.15, 0.2) is 29.2 Å². The van der Waals surface area contributed by atoms with E-state index in [0.29, 0.717) is 13.0 Å². The number of sulfonamides is 1. The van der Waals surface area contributed by atoms with Gasteiger partial charge in [0.05, 0.1) is 11.4 Å². The van der Waals surface area contributed by atoms with Crippen LogP contribution in [0.5, 0.6) is 0 Å². The molecular weight excluding hydrogens is 252 g/mol. The van der Waals surface area contributed by atoms with Gasteiger partial charge in [0.2, 0.25) is 10.0 Å². The summed E-state index contributed by atoms with van der Waals surface area (Å²) >= 11 is 0. The molecule has 2 rings (SSSR count). The number of benzene rings is 1. The molecule has 1 N–H and O–H groups in total. The fourth-order valence-corrected chi connectivity index (χ4v) is 2.74. The number of carbonyl (C=O) groups excluding carboxylic acids is 1. The van der Waals surface area contributed by atoms with Gasteiger partial charge in [0.1, 0.15) is 0 Å². The fraction of sp³-hybridized carbons (Fsp3) is 0.417. The van der Waals surface area contributed by atoms with Gasteiger partial charge >= 0.3 is 0 Å². The van der Waals surface area contributed by atoms with Crippen molar-refractivity contribution in [3.05, 3.63) is 24.3 Å². The first-order valence-corrected chi connectivity index (χ1v) is 7.31. The standard InChI is InChI=1S/C12H16N2O3S/c1-13-18(16,17)12-6-4-10(5-7-12)14-8-2-3-11(15)9-14/h4-7,13H,2-3,8-9H2,1H3. The second-order valence-electron chi connectivity index (χ2n) is 4.27.